The second-order valence-corrected chi connectivity index (χ2v) is 6.73. The Kier molecular flexibility index (Phi) is 4.76. The summed E-state index contributed by atoms with van der Waals surface area (Å²) in [6.45, 7) is 4.61. The molecule has 3 N–H and O–H groups in total. The van der Waals surface area contributed by atoms with Crippen molar-refractivity contribution in [3.63, 3.8) is 0 Å². The minimum atomic E-state index is -3.64. The summed E-state index contributed by atoms with van der Waals surface area (Å²) < 4.78 is 28.8. The fourth-order valence-electron chi connectivity index (χ4n) is 1.79. The Labute approximate surface area is 124 Å². The highest BCUT2D eigenvalue weighted by Crippen LogP contribution is 2.12. The normalized spacial score (nSPS) is 12.2. The molecule has 2 aromatic rings. The van der Waals surface area contributed by atoms with Crippen molar-refractivity contribution in [2.75, 3.05) is 0 Å². The Morgan fingerprint density at radius 1 is 1.38 bits per heavy atom. The summed E-state index contributed by atoms with van der Waals surface area (Å²) >= 11 is 0. The molecule has 0 saturated heterocycles. The first-order valence-electron chi connectivity index (χ1n) is 6.62. The lowest BCUT2D eigenvalue weighted by atomic mass is 10.3. The van der Waals surface area contributed by atoms with E-state index in [4.69, 9.17) is 0 Å². The van der Waals surface area contributed by atoms with Gasteiger partial charge in [0.25, 0.3) is 10.0 Å². The smallest absolute Gasteiger partial charge is 0.258 e. The molecule has 2 aromatic heterocycles. The van der Waals surface area contributed by atoms with Gasteiger partial charge in [0.1, 0.15) is 0 Å². The molecule has 0 unspecified atom stereocenters. The van der Waals surface area contributed by atoms with Gasteiger partial charge in [-0.2, -0.15) is 10.2 Å². The number of sulfonamides is 1. The largest absolute Gasteiger partial charge is 0.310 e. The SMILES string of the molecule is CC(C)NCc1cn[nH]c1S(=O)(=O)NCc1ccnn1C. The van der Waals surface area contributed by atoms with Crippen molar-refractivity contribution in [1.29, 1.82) is 0 Å². The number of nitrogens with zero attached hydrogens (tertiary/aromatic N) is 3. The Balaban J connectivity index is 2.09. The third-order valence-electron chi connectivity index (χ3n) is 3.01. The molecule has 0 bridgehead atoms. The van der Waals surface area contributed by atoms with Crippen molar-refractivity contribution in [1.82, 2.24) is 30.0 Å². The van der Waals surface area contributed by atoms with E-state index in [2.05, 4.69) is 25.3 Å². The Bertz CT molecular complexity index is 688. The number of hydrogen-bond donors (Lipinski definition) is 3. The highest BCUT2D eigenvalue weighted by atomic mass is 32.2. The van der Waals surface area contributed by atoms with Gasteiger partial charge in [-0.3, -0.25) is 9.78 Å². The first kappa shape index (κ1) is 15.7. The molecule has 0 aliphatic carbocycles. The maximum Gasteiger partial charge on any atom is 0.258 e. The number of aryl methyl sites for hydroxylation is 1. The maximum absolute atomic E-state index is 12.3. The number of aromatic amines is 1. The lowest BCUT2D eigenvalue weighted by Gasteiger charge is -2.09. The van der Waals surface area contributed by atoms with Crippen LogP contribution in [0.4, 0.5) is 0 Å². The topological polar surface area (TPSA) is 105 Å². The van der Waals surface area contributed by atoms with Gasteiger partial charge in [0.2, 0.25) is 0 Å². The molecule has 0 amide bonds. The van der Waals surface area contributed by atoms with Crippen LogP contribution in [-0.2, 0) is 30.2 Å². The minimum absolute atomic E-state index is 0.0952. The van der Waals surface area contributed by atoms with E-state index in [9.17, 15) is 8.42 Å². The monoisotopic (exact) mass is 312 g/mol. The Morgan fingerprint density at radius 3 is 2.76 bits per heavy atom. The Morgan fingerprint density at radius 2 is 2.14 bits per heavy atom. The first-order chi connectivity index (χ1) is 9.90. The second-order valence-electron chi connectivity index (χ2n) is 5.03. The molecule has 116 valence electrons. The summed E-state index contributed by atoms with van der Waals surface area (Å²) in [5, 5.41) is 13.6. The van der Waals surface area contributed by atoms with Crippen molar-refractivity contribution in [3.05, 3.63) is 29.7 Å². The van der Waals surface area contributed by atoms with Gasteiger partial charge in [-0.05, 0) is 6.07 Å². The molecule has 21 heavy (non-hydrogen) atoms. The van der Waals surface area contributed by atoms with E-state index in [1.54, 1.807) is 24.0 Å². The molecule has 0 radical (unpaired) electrons. The zero-order valence-corrected chi connectivity index (χ0v) is 13.1. The predicted octanol–water partition coefficient (Wildman–Crippen LogP) is 0.120. The first-order valence-corrected chi connectivity index (χ1v) is 8.10. The van der Waals surface area contributed by atoms with Crippen LogP contribution in [-0.4, -0.2) is 34.4 Å². The number of rotatable bonds is 7. The zero-order valence-electron chi connectivity index (χ0n) is 12.3. The summed E-state index contributed by atoms with van der Waals surface area (Å²) in [5.41, 5.74) is 1.39. The van der Waals surface area contributed by atoms with Gasteiger partial charge in [0.15, 0.2) is 5.03 Å². The fraction of sp³-hybridized carbons (Fsp3) is 0.500. The van der Waals surface area contributed by atoms with E-state index < -0.39 is 10.0 Å². The molecule has 0 atom stereocenters. The van der Waals surface area contributed by atoms with Gasteiger partial charge < -0.3 is 5.32 Å². The average Bonchev–Trinajstić information content (AvgIpc) is 3.03. The molecule has 0 aliphatic rings. The summed E-state index contributed by atoms with van der Waals surface area (Å²) in [6, 6.07) is 2.02. The van der Waals surface area contributed by atoms with E-state index in [0.29, 0.717) is 12.1 Å². The summed E-state index contributed by atoms with van der Waals surface area (Å²) in [4.78, 5) is 0. The molecule has 8 nitrogen and oxygen atoms in total. The molecule has 0 spiro atoms. The molecule has 2 rings (SSSR count). The highest BCUT2D eigenvalue weighted by Gasteiger charge is 2.21. The van der Waals surface area contributed by atoms with Crippen LogP contribution < -0.4 is 10.0 Å². The second kappa shape index (κ2) is 6.37. The third-order valence-corrected chi connectivity index (χ3v) is 4.43. The van der Waals surface area contributed by atoms with Crippen LogP contribution >= 0.6 is 0 Å². The molecule has 9 heteroatoms. The number of aromatic nitrogens is 4. The predicted molar refractivity (Wildman–Crippen MR) is 77.8 cm³/mol. The molecule has 0 aliphatic heterocycles. The standard InChI is InChI=1S/C12H20N6O2S/c1-9(2)13-6-10-7-14-17-12(10)21(19,20)16-8-11-4-5-15-18(11)3/h4-5,7,9,13,16H,6,8H2,1-3H3,(H,14,17). The van der Waals surface area contributed by atoms with Crippen molar-refractivity contribution >= 4 is 10.0 Å². The molecule has 0 aromatic carbocycles. The van der Waals surface area contributed by atoms with Gasteiger partial charge in [-0.1, -0.05) is 13.8 Å². The van der Waals surface area contributed by atoms with Gasteiger partial charge in [-0.15, -0.1) is 0 Å². The Hall–Kier alpha value is -1.71. The van der Waals surface area contributed by atoms with Crippen LogP contribution in [0.25, 0.3) is 0 Å². The molecular formula is C12H20N6O2S. The lowest BCUT2D eigenvalue weighted by Crippen LogP contribution is -2.27. The van der Waals surface area contributed by atoms with Crippen LogP contribution in [0.3, 0.4) is 0 Å². The highest BCUT2D eigenvalue weighted by molar-refractivity contribution is 7.89. The molecular weight excluding hydrogens is 292 g/mol. The summed E-state index contributed by atoms with van der Waals surface area (Å²) in [6.07, 6.45) is 3.14. The van der Waals surface area contributed by atoms with E-state index in [-0.39, 0.29) is 17.6 Å². The van der Waals surface area contributed by atoms with E-state index in [1.807, 2.05) is 13.8 Å². The number of hydrogen-bond acceptors (Lipinski definition) is 5. The maximum atomic E-state index is 12.3. The summed E-state index contributed by atoms with van der Waals surface area (Å²) in [5.74, 6) is 0. The zero-order chi connectivity index (χ0) is 15.5. The number of H-pyrrole nitrogens is 1. The lowest BCUT2D eigenvalue weighted by molar-refractivity contribution is 0.562. The van der Waals surface area contributed by atoms with Crippen molar-refractivity contribution in [3.8, 4) is 0 Å². The van der Waals surface area contributed by atoms with Crippen LogP contribution in [0, 0.1) is 0 Å². The fourth-order valence-corrected chi connectivity index (χ4v) is 2.91. The van der Waals surface area contributed by atoms with E-state index >= 15 is 0 Å². The van der Waals surface area contributed by atoms with E-state index in [1.165, 1.54) is 6.20 Å². The van der Waals surface area contributed by atoms with Crippen molar-refractivity contribution < 1.29 is 8.42 Å². The van der Waals surface area contributed by atoms with Gasteiger partial charge >= 0.3 is 0 Å². The van der Waals surface area contributed by atoms with E-state index in [0.717, 1.165) is 5.69 Å². The van der Waals surface area contributed by atoms with Crippen LogP contribution in [0.1, 0.15) is 25.1 Å². The molecule has 0 saturated carbocycles. The van der Waals surface area contributed by atoms with Crippen molar-refractivity contribution in [2.45, 2.75) is 38.0 Å². The number of nitrogens with one attached hydrogen (secondary N) is 3. The average molecular weight is 312 g/mol. The van der Waals surface area contributed by atoms with Crippen LogP contribution in [0.2, 0.25) is 0 Å². The van der Waals surface area contributed by atoms with Crippen molar-refractivity contribution in [2.24, 2.45) is 7.05 Å². The third kappa shape index (κ3) is 3.90. The van der Waals surface area contributed by atoms with Crippen LogP contribution in [0.15, 0.2) is 23.5 Å². The molecule has 0 fully saturated rings. The van der Waals surface area contributed by atoms with Gasteiger partial charge in [-0.25, -0.2) is 13.1 Å². The quantitative estimate of drug-likeness (QED) is 0.673. The minimum Gasteiger partial charge on any atom is -0.310 e. The molecule has 2 heterocycles. The summed E-state index contributed by atoms with van der Waals surface area (Å²) in [7, 11) is -1.88. The van der Waals surface area contributed by atoms with Crippen LogP contribution in [0.5, 0.6) is 0 Å². The van der Waals surface area contributed by atoms with Gasteiger partial charge in [0.05, 0.1) is 18.4 Å². The van der Waals surface area contributed by atoms with Gasteiger partial charge in [0, 0.05) is 31.4 Å².